The molecule has 0 radical (unpaired) electrons. The van der Waals surface area contributed by atoms with Crippen LogP contribution in [0.15, 0.2) is 35.9 Å². The minimum atomic E-state index is 0.235. The van der Waals surface area contributed by atoms with E-state index in [9.17, 15) is 10.2 Å². The molecule has 0 heterocycles. The zero-order valence-electron chi connectivity index (χ0n) is 13.8. The Labute approximate surface area is 136 Å². The van der Waals surface area contributed by atoms with E-state index in [4.69, 9.17) is 4.74 Å². The second kappa shape index (κ2) is 5.99. The predicted molar refractivity (Wildman–Crippen MR) is 92.3 cm³/mol. The maximum Gasteiger partial charge on any atom is 0.127 e. The Hall–Kier alpha value is -2.42. The van der Waals surface area contributed by atoms with Gasteiger partial charge >= 0.3 is 0 Å². The second-order valence-corrected chi connectivity index (χ2v) is 6.26. The lowest BCUT2D eigenvalue weighted by Gasteiger charge is -2.24. The van der Waals surface area contributed by atoms with Crippen molar-refractivity contribution in [3.8, 4) is 28.4 Å². The molecule has 0 aromatic heterocycles. The fourth-order valence-electron chi connectivity index (χ4n) is 3.28. The molecule has 0 saturated carbocycles. The van der Waals surface area contributed by atoms with Crippen molar-refractivity contribution < 1.29 is 14.9 Å². The Balaban J connectivity index is 2.17. The minimum absolute atomic E-state index is 0.235. The summed E-state index contributed by atoms with van der Waals surface area (Å²) in [5.74, 6) is 1.24. The van der Waals surface area contributed by atoms with Gasteiger partial charge in [-0.15, -0.1) is 0 Å². The van der Waals surface area contributed by atoms with E-state index in [1.807, 2.05) is 12.1 Å². The molecule has 3 heteroatoms. The number of ether oxygens (including phenoxy) is 1. The van der Waals surface area contributed by atoms with Gasteiger partial charge in [0.15, 0.2) is 0 Å². The summed E-state index contributed by atoms with van der Waals surface area (Å²) in [6.07, 6.45) is 4.52. The molecule has 0 aliphatic heterocycles. The smallest absolute Gasteiger partial charge is 0.127 e. The zero-order valence-corrected chi connectivity index (χ0v) is 13.8. The quantitative estimate of drug-likeness (QED) is 0.827. The van der Waals surface area contributed by atoms with Gasteiger partial charge in [0.25, 0.3) is 0 Å². The highest BCUT2D eigenvalue weighted by molar-refractivity contribution is 5.81. The highest BCUT2D eigenvalue weighted by Gasteiger charge is 2.23. The Morgan fingerprint density at radius 1 is 1.13 bits per heavy atom. The van der Waals surface area contributed by atoms with E-state index in [0.717, 1.165) is 40.7 Å². The average molecular weight is 310 g/mol. The van der Waals surface area contributed by atoms with Crippen LogP contribution in [0, 0.1) is 0 Å². The number of phenols is 2. The van der Waals surface area contributed by atoms with Gasteiger partial charge in [-0.3, -0.25) is 0 Å². The molecular weight excluding hydrogens is 288 g/mol. The molecule has 0 saturated heterocycles. The molecule has 0 fully saturated rings. The highest BCUT2D eigenvalue weighted by atomic mass is 16.5. The van der Waals surface area contributed by atoms with Crippen molar-refractivity contribution in [2.24, 2.45) is 0 Å². The van der Waals surface area contributed by atoms with Crippen LogP contribution >= 0.6 is 0 Å². The first-order valence-electron chi connectivity index (χ1n) is 7.88. The number of phenolic OH excluding ortho intramolecular Hbond substituents is 2. The summed E-state index contributed by atoms with van der Waals surface area (Å²) in [5, 5.41) is 20.7. The fraction of sp³-hybridized carbons (Fsp3) is 0.300. The van der Waals surface area contributed by atoms with Crippen molar-refractivity contribution in [1.29, 1.82) is 0 Å². The van der Waals surface area contributed by atoms with Crippen molar-refractivity contribution in [3.05, 3.63) is 52.6 Å². The maximum absolute atomic E-state index is 10.4. The maximum atomic E-state index is 10.4. The van der Waals surface area contributed by atoms with Crippen molar-refractivity contribution in [2.75, 3.05) is 7.11 Å². The first-order chi connectivity index (χ1) is 11.0. The molecular formula is C20H22O3. The highest BCUT2D eigenvalue weighted by Crippen LogP contribution is 2.44. The third kappa shape index (κ3) is 2.79. The summed E-state index contributed by atoms with van der Waals surface area (Å²) in [7, 11) is 1.60. The van der Waals surface area contributed by atoms with Gasteiger partial charge in [-0.2, -0.15) is 0 Å². The van der Waals surface area contributed by atoms with E-state index in [1.165, 1.54) is 5.57 Å². The number of rotatable bonds is 3. The van der Waals surface area contributed by atoms with Gasteiger partial charge in [0, 0.05) is 17.2 Å². The SMILES string of the molecule is COc1cc(O)c2c(c1)CCc1c-2ccc(O)c1CC=C(C)C. The molecule has 0 bridgehead atoms. The van der Waals surface area contributed by atoms with Crippen LogP contribution in [-0.2, 0) is 19.3 Å². The summed E-state index contributed by atoms with van der Waals surface area (Å²) in [5.41, 5.74) is 6.30. The fourth-order valence-corrected chi connectivity index (χ4v) is 3.28. The number of aromatic hydroxyl groups is 2. The molecule has 3 rings (SSSR count). The summed E-state index contributed by atoms with van der Waals surface area (Å²) in [6, 6.07) is 7.27. The third-order valence-electron chi connectivity index (χ3n) is 4.44. The molecule has 2 N–H and O–H groups in total. The summed E-state index contributed by atoms with van der Waals surface area (Å²) < 4.78 is 5.25. The molecule has 0 atom stereocenters. The number of hydrogen-bond donors (Lipinski definition) is 2. The Kier molecular flexibility index (Phi) is 4.03. The van der Waals surface area contributed by atoms with Gasteiger partial charge in [-0.1, -0.05) is 17.7 Å². The number of hydrogen-bond acceptors (Lipinski definition) is 3. The monoisotopic (exact) mass is 310 g/mol. The van der Waals surface area contributed by atoms with Crippen molar-refractivity contribution in [2.45, 2.75) is 33.1 Å². The Morgan fingerprint density at radius 3 is 2.61 bits per heavy atom. The van der Waals surface area contributed by atoms with Gasteiger partial charge in [0.2, 0.25) is 0 Å². The second-order valence-electron chi connectivity index (χ2n) is 6.26. The first kappa shape index (κ1) is 15.5. The van der Waals surface area contributed by atoms with Crippen molar-refractivity contribution in [3.63, 3.8) is 0 Å². The Morgan fingerprint density at radius 2 is 1.91 bits per heavy atom. The molecule has 3 nitrogen and oxygen atoms in total. The summed E-state index contributed by atoms with van der Waals surface area (Å²) in [4.78, 5) is 0. The molecule has 1 aliphatic rings. The van der Waals surface area contributed by atoms with Gasteiger partial charge in [-0.25, -0.2) is 0 Å². The number of methoxy groups -OCH3 is 1. The third-order valence-corrected chi connectivity index (χ3v) is 4.44. The molecule has 0 unspecified atom stereocenters. The van der Waals surface area contributed by atoms with E-state index in [0.29, 0.717) is 17.9 Å². The van der Waals surface area contributed by atoms with Crippen LogP contribution < -0.4 is 4.74 Å². The summed E-state index contributed by atoms with van der Waals surface area (Å²) in [6.45, 7) is 4.11. The van der Waals surface area contributed by atoms with E-state index in [1.54, 1.807) is 19.2 Å². The summed E-state index contributed by atoms with van der Waals surface area (Å²) >= 11 is 0. The van der Waals surface area contributed by atoms with Crippen LogP contribution in [-0.4, -0.2) is 17.3 Å². The predicted octanol–water partition coefficient (Wildman–Crippen LogP) is 4.38. The standard InChI is InChI=1S/C20H22O3/c1-12(2)4-6-16-15-7-5-13-10-14(23-3)11-19(22)20(13)17(15)8-9-18(16)21/h4,8-11,21-22H,5-7H2,1-3H3. The largest absolute Gasteiger partial charge is 0.508 e. The lowest BCUT2D eigenvalue weighted by atomic mass is 9.81. The zero-order chi connectivity index (χ0) is 16.6. The first-order valence-corrected chi connectivity index (χ1v) is 7.88. The molecule has 0 amide bonds. The van der Waals surface area contributed by atoms with Gasteiger partial charge in [0.05, 0.1) is 7.11 Å². The number of allylic oxidation sites excluding steroid dienone is 2. The topological polar surface area (TPSA) is 49.7 Å². The lowest BCUT2D eigenvalue weighted by molar-refractivity contribution is 0.407. The van der Waals surface area contributed by atoms with Gasteiger partial charge < -0.3 is 14.9 Å². The molecule has 23 heavy (non-hydrogen) atoms. The van der Waals surface area contributed by atoms with Crippen LogP contribution in [0.2, 0.25) is 0 Å². The van der Waals surface area contributed by atoms with E-state index < -0.39 is 0 Å². The van der Waals surface area contributed by atoms with Gasteiger partial charge in [0.1, 0.15) is 17.2 Å². The molecule has 2 aromatic carbocycles. The van der Waals surface area contributed by atoms with Crippen LogP contribution in [0.3, 0.4) is 0 Å². The molecule has 120 valence electrons. The average Bonchev–Trinajstić information content (AvgIpc) is 2.52. The number of fused-ring (bicyclic) bond motifs is 3. The normalized spacial score (nSPS) is 12.3. The van der Waals surface area contributed by atoms with E-state index in [-0.39, 0.29) is 5.75 Å². The van der Waals surface area contributed by atoms with E-state index >= 15 is 0 Å². The Bertz CT molecular complexity index is 784. The van der Waals surface area contributed by atoms with Crippen molar-refractivity contribution >= 4 is 0 Å². The van der Waals surface area contributed by atoms with E-state index in [2.05, 4.69) is 19.9 Å². The van der Waals surface area contributed by atoms with Crippen LogP contribution in [0.1, 0.15) is 30.5 Å². The number of benzene rings is 2. The molecule has 0 spiro atoms. The minimum Gasteiger partial charge on any atom is -0.508 e. The lowest BCUT2D eigenvalue weighted by Crippen LogP contribution is -2.08. The van der Waals surface area contributed by atoms with Crippen LogP contribution in [0.25, 0.3) is 11.1 Å². The number of aryl methyl sites for hydroxylation is 1. The van der Waals surface area contributed by atoms with Crippen molar-refractivity contribution in [1.82, 2.24) is 0 Å². The van der Waals surface area contributed by atoms with Crippen LogP contribution in [0.5, 0.6) is 17.2 Å². The molecule has 1 aliphatic carbocycles. The molecule has 2 aromatic rings. The van der Waals surface area contributed by atoms with Crippen LogP contribution in [0.4, 0.5) is 0 Å². The van der Waals surface area contributed by atoms with Gasteiger partial charge in [-0.05, 0) is 61.9 Å².